The summed E-state index contributed by atoms with van der Waals surface area (Å²) in [5.74, 6) is -0.301. The molecule has 0 bridgehead atoms. The molecule has 92 valence electrons. The van der Waals surface area contributed by atoms with E-state index in [9.17, 15) is 4.79 Å². The first-order chi connectivity index (χ1) is 8.72. The summed E-state index contributed by atoms with van der Waals surface area (Å²) in [4.78, 5) is 11.4. The molecule has 2 aromatic rings. The first-order valence-corrected chi connectivity index (χ1v) is 6.05. The van der Waals surface area contributed by atoms with Gasteiger partial charge in [0.15, 0.2) is 0 Å². The second-order valence-corrected chi connectivity index (χ2v) is 4.10. The van der Waals surface area contributed by atoms with Gasteiger partial charge in [-0.3, -0.25) is 0 Å². The van der Waals surface area contributed by atoms with Crippen molar-refractivity contribution in [3.8, 4) is 0 Å². The molecule has 0 aliphatic rings. The predicted molar refractivity (Wildman–Crippen MR) is 74.4 cm³/mol. The van der Waals surface area contributed by atoms with Gasteiger partial charge >= 0.3 is 5.97 Å². The quantitative estimate of drug-likeness (QED) is 0.603. The number of carbonyl (C=O) groups excluding carboxylic acids is 1. The molecule has 0 saturated carbocycles. The van der Waals surface area contributed by atoms with Crippen molar-refractivity contribution in [3.05, 3.63) is 53.6 Å². The summed E-state index contributed by atoms with van der Waals surface area (Å²) in [5, 5.41) is 2.32. The van der Waals surface area contributed by atoms with E-state index >= 15 is 0 Å². The van der Waals surface area contributed by atoms with Crippen molar-refractivity contribution in [2.45, 2.75) is 13.8 Å². The van der Waals surface area contributed by atoms with Crippen LogP contribution in [0.25, 0.3) is 16.8 Å². The van der Waals surface area contributed by atoms with Crippen LogP contribution >= 0.6 is 0 Å². The van der Waals surface area contributed by atoms with E-state index in [0.717, 1.165) is 16.5 Å². The van der Waals surface area contributed by atoms with E-state index in [1.54, 1.807) is 6.92 Å². The highest BCUT2D eigenvalue weighted by atomic mass is 16.5. The normalized spacial score (nSPS) is 11.0. The summed E-state index contributed by atoms with van der Waals surface area (Å²) in [7, 11) is 0. The third-order valence-electron chi connectivity index (χ3n) is 2.86. The Morgan fingerprint density at radius 1 is 1.22 bits per heavy atom. The third-order valence-corrected chi connectivity index (χ3v) is 2.86. The minimum Gasteiger partial charge on any atom is -0.463 e. The fraction of sp³-hybridized carbons (Fsp3) is 0.188. The lowest BCUT2D eigenvalue weighted by Crippen LogP contribution is -1.98. The van der Waals surface area contributed by atoms with Gasteiger partial charge in [0.05, 0.1) is 6.61 Å². The maximum Gasteiger partial charge on any atom is 0.330 e. The molecular weight excluding hydrogens is 224 g/mol. The molecule has 2 aromatic carbocycles. The minimum atomic E-state index is -0.301. The largest absolute Gasteiger partial charge is 0.463 e. The standard InChI is InChI=1S/C16H16O2/c1-3-18-16(17)11-10-14-12(2)8-9-13-6-4-5-7-15(13)14/h4-11H,3H2,1-2H3. The van der Waals surface area contributed by atoms with Gasteiger partial charge in [-0.25, -0.2) is 4.79 Å². The van der Waals surface area contributed by atoms with Crippen LogP contribution in [0.15, 0.2) is 42.5 Å². The van der Waals surface area contributed by atoms with Gasteiger partial charge < -0.3 is 4.74 Å². The van der Waals surface area contributed by atoms with E-state index in [4.69, 9.17) is 4.74 Å². The van der Waals surface area contributed by atoms with E-state index in [1.807, 2.05) is 25.1 Å². The Labute approximate surface area is 107 Å². The van der Waals surface area contributed by atoms with Crippen LogP contribution in [0.3, 0.4) is 0 Å². The number of carbonyl (C=O) groups is 1. The van der Waals surface area contributed by atoms with Crippen molar-refractivity contribution in [1.29, 1.82) is 0 Å². The molecule has 2 heteroatoms. The van der Waals surface area contributed by atoms with Crippen LogP contribution in [0.2, 0.25) is 0 Å². The number of esters is 1. The second-order valence-electron chi connectivity index (χ2n) is 4.10. The molecule has 0 aliphatic carbocycles. The summed E-state index contributed by atoms with van der Waals surface area (Å²) in [6.45, 7) is 4.24. The number of hydrogen-bond donors (Lipinski definition) is 0. The van der Waals surface area contributed by atoms with E-state index in [0.29, 0.717) is 6.61 Å². The zero-order chi connectivity index (χ0) is 13.0. The summed E-state index contributed by atoms with van der Waals surface area (Å²) in [6, 6.07) is 12.3. The molecule has 0 atom stereocenters. The average molecular weight is 240 g/mol. The maximum absolute atomic E-state index is 11.4. The van der Waals surface area contributed by atoms with Crippen molar-refractivity contribution in [2.24, 2.45) is 0 Å². The molecule has 0 aliphatic heterocycles. The predicted octanol–water partition coefficient (Wildman–Crippen LogP) is 3.72. The Kier molecular flexibility index (Phi) is 3.78. The summed E-state index contributed by atoms with van der Waals surface area (Å²) < 4.78 is 4.89. The Balaban J connectivity index is 2.43. The fourth-order valence-electron chi connectivity index (χ4n) is 1.97. The smallest absolute Gasteiger partial charge is 0.330 e. The maximum atomic E-state index is 11.4. The van der Waals surface area contributed by atoms with Crippen LogP contribution in [0.4, 0.5) is 0 Å². The summed E-state index contributed by atoms with van der Waals surface area (Å²) in [6.07, 6.45) is 3.31. The van der Waals surface area contributed by atoms with Crippen LogP contribution in [0.1, 0.15) is 18.1 Å². The third kappa shape index (κ3) is 2.59. The summed E-state index contributed by atoms with van der Waals surface area (Å²) >= 11 is 0. The number of hydrogen-bond acceptors (Lipinski definition) is 2. The van der Waals surface area contributed by atoms with Crippen molar-refractivity contribution < 1.29 is 9.53 Å². The lowest BCUT2D eigenvalue weighted by Gasteiger charge is -2.06. The molecule has 0 spiro atoms. The highest BCUT2D eigenvalue weighted by Gasteiger charge is 2.02. The molecule has 0 aromatic heterocycles. The van der Waals surface area contributed by atoms with Gasteiger partial charge in [-0.15, -0.1) is 0 Å². The van der Waals surface area contributed by atoms with E-state index in [1.165, 1.54) is 11.5 Å². The molecule has 0 saturated heterocycles. The lowest BCUT2D eigenvalue weighted by atomic mass is 9.99. The number of ether oxygens (including phenoxy) is 1. The van der Waals surface area contributed by atoms with Gasteiger partial charge in [-0.1, -0.05) is 36.4 Å². The Hall–Kier alpha value is -2.09. The zero-order valence-corrected chi connectivity index (χ0v) is 10.6. The van der Waals surface area contributed by atoms with Crippen LogP contribution in [0, 0.1) is 6.92 Å². The molecule has 2 rings (SSSR count). The molecular formula is C16H16O2. The van der Waals surface area contributed by atoms with Crippen molar-refractivity contribution in [2.75, 3.05) is 6.61 Å². The van der Waals surface area contributed by atoms with Crippen LogP contribution in [0.5, 0.6) is 0 Å². The van der Waals surface area contributed by atoms with Gasteiger partial charge in [-0.05, 0) is 41.8 Å². The Morgan fingerprint density at radius 2 is 2.00 bits per heavy atom. The number of fused-ring (bicyclic) bond motifs is 1. The van der Waals surface area contributed by atoms with Crippen molar-refractivity contribution in [1.82, 2.24) is 0 Å². The van der Waals surface area contributed by atoms with Crippen molar-refractivity contribution >= 4 is 22.8 Å². The van der Waals surface area contributed by atoms with Crippen molar-refractivity contribution in [3.63, 3.8) is 0 Å². The number of aryl methyl sites for hydroxylation is 1. The van der Waals surface area contributed by atoms with Crippen LogP contribution < -0.4 is 0 Å². The SMILES string of the molecule is CCOC(=O)C=Cc1c(C)ccc2ccccc12. The van der Waals surface area contributed by atoms with E-state index in [2.05, 4.69) is 24.3 Å². The van der Waals surface area contributed by atoms with Crippen LogP contribution in [-0.4, -0.2) is 12.6 Å². The topological polar surface area (TPSA) is 26.3 Å². The Bertz CT molecular complexity index is 597. The molecule has 0 fully saturated rings. The first kappa shape index (κ1) is 12.4. The lowest BCUT2D eigenvalue weighted by molar-refractivity contribution is -0.137. The second kappa shape index (κ2) is 5.50. The molecule has 0 amide bonds. The van der Waals surface area contributed by atoms with E-state index in [-0.39, 0.29) is 5.97 Å². The Morgan fingerprint density at radius 3 is 2.78 bits per heavy atom. The van der Waals surface area contributed by atoms with Gasteiger partial charge in [-0.2, -0.15) is 0 Å². The molecule has 18 heavy (non-hydrogen) atoms. The molecule has 0 N–H and O–H groups in total. The van der Waals surface area contributed by atoms with Gasteiger partial charge in [0.1, 0.15) is 0 Å². The molecule has 0 heterocycles. The molecule has 0 unspecified atom stereocenters. The number of rotatable bonds is 3. The summed E-state index contributed by atoms with van der Waals surface area (Å²) in [5.41, 5.74) is 2.22. The van der Waals surface area contributed by atoms with Crippen LogP contribution in [-0.2, 0) is 9.53 Å². The average Bonchev–Trinajstić information content (AvgIpc) is 2.38. The van der Waals surface area contributed by atoms with Gasteiger partial charge in [0, 0.05) is 6.08 Å². The highest BCUT2D eigenvalue weighted by molar-refractivity contribution is 5.95. The molecule has 2 nitrogen and oxygen atoms in total. The van der Waals surface area contributed by atoms with Gasteiger partial charge in [0.25, 0.3) is 0 Å². The first-order valence-electron chi connectivity index (χ1n) is 6.05. The number of benzene rings is 2. The highest BCUT2D eigenvalue weighted by Crippen LogP contribution is 2.23. The molecule has 0 radical (unpaired) electrons. The monoisotopic (exact) mass is 240 g/mol. The minimum absolute atomic E-state index is 0.301. The van der Waals surface area contributed by atoms with E-state index < -0.39 is 0 Å². The fourth-order valence-corrected chi connectivity index (χ4v) is 1.97. The van der Waals surface area contributed by atoms with Gasteiger partial charge in [0.2, 0.25) is 0 Å². The zero-order valence-electron chi connectivity index (χ0n) is 10.6.